The number of hydrogen-bond donors (Lipinski definition) is 1. The normalized spacial score (nSPS) is 40.2. The molecule has 3 aliphatic carbocycles. The quantitative estimate of drug-likeness (QED) is 0.775. The lowest BCUT2D eigenvalue weighted by Crippen LogP contribution is -2.53. The van der Waals surface area contributed by atoms with Crippen molar-refractivity contribution in [3.05, 3.63) is 46.6 Å². The van der Waals surface area contributed by atoms with Gasteiger partial charge in [0.05, 0.1) is 6.61 Å². The molecule has 5 unspecified atom stereocenters. The Morgan fingerprint density at radius 3 is 2.74 bits per heavy atom. The summed E-state index contributed by atoms with van der Waals surface area (Å²) >= 11 is 0. The van der Waals surface area contributed by atoms with E-state index in [0.717, 1.165) is 6.42 Å². The minimum absolute atomic E-state index is 0.133. The van der Waals surface area contributed by atoms with Crippen LogP contribution in [0, 0.1) is 29.1 Å². The number of carbonyl (C=O) groups is 1. The van der Waals surface area contributed by atoms with Crippen molar-refractivity contribution < 1.29 is 9.90 Å². The Morgan fingerprint density at radius 2 is 2.13 bits per heavy atom. The Bertz CT molecular complexity index is 661. The van der Waals surface area contributed by atoms with E-state index in [-0.39, 0.29) is 24.2 Å². The van der Waals surface area contributed by atoms with Crippen molar-refractivity contribution in [3.8, 4) is 0 Å². The predicted octanol–water partition coefficient (Wildman–Crippen LogP) is 4.24. The van der Waals surface area contributed by atoms with E-state index < -0.39 is 5.41 Å². The summed E-state index contributed by atoms with van der Waals surface area (Å²) in [5.41, 5.74) is 3.93. The van der Waals surface area contributed by atoms with Gasteiger partial charge in [0.25, 0.3) is 0 Å². The second kappa shape index (κ2) is 5.59. The number of aliphatic hydroxyl groups is 1. The van der Waals surface area contributed by atoms with E-state index in [0.29, 0.717) is 17.4 Å². The smallest absolute Gasteiger partial charge is 0.168 e. The van der Waals surface area contributed by atoms with Crippen molar-refractivity contribution in [2.24, 2.45) is 29.1 Å². The zero-order valence-corrected chi connectivity index (χ0v) is 14.9. The summed E-state index contributed by atoms with van der Waals surface area (Å²) in [5, 5.41) is 9.73. The van der Waals surface area contributed by atoms with Gasteiger partial charge in [0.1, 0.15) is 0 Å². The average Bonchev–Trinajstić information content (AvgIpc) is 2.49. The molecule has 0 amide bonds. The average molecular weight is 312 g/mol. The van der Waals surface area contributed by atoms with Crippen molar-refractivity contribution in [3.63, 3.8) is 0 Å². The fourth-order valence-electron chi connectivity index (χ4n) is 5.49. The monoisotopic (exact) mass is 312 g/mol. The van der Waals surface area contributed by atoms with E-state index >= 15 is 0 Å². The van der Waals surface area contributed by atoms with Crippen LogP contribution in [0.25, 0.3) is 0 Å². The predicted molar refractivity (Wildman–Crippen MR) is 93.8 cm³/mol. The van der Waals surface area contributed by atoms with Crippen molar-refractivity contribution in [2.75, 3.05) is 6.61 Å². The highest BCUT2D eigenvalue weighted by atomic mass is 16.3. The summed E-state index contributed by atoms with van der Waals surface area (Å²) in [6, 6.07) is 0. The minimum Gasteiger partial charge on any atom is -0.392 e. The molecule has 23 heavy (non-hydrogen) atoms. The van der Waals surface area contributed by atoms with Gasteiger partial charge in [-0.25, -0.2) is 0 Å². The van der Waals surface area contributed by atoms with E-state index in [1.54, 1.807) is 0 Å². The van der Waals surface area contributed by atoms with Crippen LogP contribution < -0.4 is 0 Å². The van der Waals surface area contributed by atoms with Gasteiger partial charge in [-0.15, -0.1) is 0 Å². The Kier molecular flexibility index (Phi) is 4.00. The van der Waals surface area contributed by atoms with Crippen molar-refractivity contribution in [1.29, 1.82) is 0 Å². The molecule has 0 bridgehead atoms. The lowest BCUT2D eigenvalue weighted by atomic mass is 9.48. The van der Waals surface area contributed by atoms with E-state index in [9.17, 15) is 9.90 Å². The first-order chi connectivity index (χ1) is 10.8. The molecule has 0 aromatic carbocycles. The molecule has 2 nitrogen and oxygen atoms in total. The van der Waals surface area contributed by atoms with Gasteiger partial charge >= 0.3 is 0 Å². The topological polar surface area (TPSA) is 37.3 Å². The van der Waals surface area contributed by atoms with Crippen LogP contribution >= 0.6 is 0 Å². The molecule has 5 atom stereocenters. The van der Waals surface area contributed by atoms with Crippen LogP contribution in [0.2, 0.25) is 0 Å². The van der Waals surface area contributed by atoms with E-state index in [1.165, 1.54) is 16.7 Å². The first-order valence-corrected chi connectivity index (χ1v) is 8.73. The molecule has 2 heteroatoms. The van der Waals surface area contributed by atoms with E-state index in [1.807, 2.05) is 13.0 Å². The second-order valence-electron chi connectivity index (χ2n) is 7.84. The molecule has 0 spiro atoms. The van der Waals surface area contributed by atoms with Gasteiger partial charge in [0, 0.05) is 22.8 Å². The maximum absolute atomic E-state index is 13.3. The van der Waals surface area contributed by atoms with Crippen LogP contribution in [0.1, 0.15) is 41.0 Å². The van der Waals surface area contributed by atoms with Crippen molar-refractivity contribution in [2.45, 2.75) is 41.0 Å². The van der Waals surface area contributed by atoms with Crippen LogP contribution in [0.3, 0.4) is 0 Å². The third-order valence-corrected chi connectivity index (χ3v) is 6.29. The number of Topliss-reactive ketones (excluding diaryl/α,β-unsaturated/α-hetero) is 1. The number of aliphatic hydroxyl groups excluding tert-OH is 1. The number of carbonyl (C=O) groups excluding carboxylic acids is 1. The highest BCUT2D eigenvalue weighted by Crippen LogP contribution is 2.59. The van der Waals surface area contributed by atoms with Crippen molar-refractivity contribution >= 4 is 5.78 Å². The number of ketones is 1. The standard InChI is InChI=1S/C21H28O2/c1-6-13(3)18-14(4)9-15-7-12(2)8-16-10-17(11-22)20(23)21(18,5)19(15)16/h6,8-10,12,15,18-19,22H,7,11H2,1-5H3. The zero-order chi connectivity index (χ0) is 16.9. The minimum atomic E-state index is -0.473. The largest absolute Gasteiger partial charge is 0.392 e. The van der Waals surface area contributed by atoms with Crippen molar-refractivity contribution in [1.82, 2.24) is 0 Å². The first-order valence-electron chi connectivity index (χ1n) is 8.73. The van der Waals surface area contributed by atoms with Gasteiger partial charge in [0.15, 0.2) is 5.78 Å². The van der Waals surface area contributed by atoms with Crippen LogP contribution in [-0.2, 0) is 4.79 Å². The molecule has 0 saturated heterocycles. The molecule has 0 fully saturated rings. The molecule has 0 aliphatic heterocycles. The highest BCUT2D eigenvalue weighted by molar-refractivity contribution is 6.03. The maximum Gasteiger partial charge on any atom is 0.168 e. The van der Waals surface area contributed by atoms with Gasteiger partial charge in [-0.1, -0.05) is 43.2 Å². The summed E-state index contributed by atoms with van der Waals surface area (Å²) in [5.74, 6) is 1.46. The molecule has 0 saturated carbocycles. The first kappa shape index (κ1) is 16.4. The Hall–Kier alpha value is -1.41. The molecule has 1 N–H and O–H groups in total. The number of hydrogen-bond acceptors (Lipinski definition) is 2. The molecule has 0 radical (unpaired) electrons. The molecule has 3 rings (SSSR count). The second-order valence-corrected chi connectivity index (χ2v) is 7.84. The summed E-state index contributed by atoms with van der Waals surface area (Å²) in [6.07, 6.45) is 9.94. The summed E-state index contributed by atoms with van der Waals surface area (Å²) in [7, 11) is 0. The molecule has 0 aromatic rings. The molecule has 3 aliphatic rings. The van der Waals surface area contributed by atoms with E-state index in [2.05, 4.69) is 45.9 Å². The third-order valence-electron chi connectivity index (χ3n) is 6.29. The SMILES string of the molecule is CC=C(C)C1C(C)=CC2CC(C)C=C3C=C(CO)C(=O)C1(C)C32. The maximum atomic E-state index is 13.3. The van der Waals surface area contributed by atoms with Gasteiger partial charge in [0.2, 0.25) is 0 Å². The molecule has 0 aromatic heterocycles. The van der Waals surface area contributed by atoms with Crippen LogP contribution in [-0.4, -0.2) is 17.5 Å². The van der Waals surface area contributed by atoms with Gasteiger partial charge in [-0.2, -0.15) is 0 Å². The fraction of sp³-hybridized carbons (Fsp3) is 0.571. The summed E-state index contributed by atoms with van der Waals surface area (Å²) in [6.45, 7) is 10.6. The number of allylic oxidation sites excluding steroid dienone is 7. The number of rotatable bonds is 2. The zero-order valence-electron chi connectivity index (χ0n) is 14.9. The molecule has 124 valence electrons. The Labute approximate surface area is 139 Å². The van der Waals surface area contributed by atoms with Gasteiger partial charge in [-0.3, -0.25) is 4.79 Å². The molecule has 0 heterocycles. The Balaban J connectivity index is 2.27. The summed E-state index contributed by atoms with van der Waals surface area (Å²) in [4.78, 5) is 13.3. The van der Waals surface area contributed by atoms with Gasteiger partial charge < -0.3 is 5.11 Å². The Morgan fingerprint density at radius 1 is 1.43 bits per heavy atom. The highest BCUT2D eigenvalue weighted by Gasteiger charge is 2.57. The van der Waals surface area contributed by atoms with E-state index in [4.69, 9.17) is 0 Å². The molecular formula is C21H28O2. The van der Waals surface area contributed by atoms with Crippen LogP contribution in [0.5, 0.6) is 0 Å². The lowest BCUT2D eigenvalue weighted by Gasteiger charge is -2.54. The lowest BCUT2D eigenvalue weighted by molar-refractivity contribution is -0.131. The molecular weight excluding hydrogens is 284 g/mol. The van der Waals surface area contributed by atoms with Crippen LogP contribution in [0.15, 0.2) is 46.6 Å². The summed E-state index contributed by atoms with van der Waals surface area (Å²) < 4.78 is 0. The fourth-order valence-corrected chi connectivity index (χ4v) is 5.49. The van der Waals surface area contributed by atoms with Crippen LogP contribution in [0.4, 0.5) is 0 Å². The third kappa shape index (κ3) is 2.22. The van der Waals surface area contributed by atoms with Gasteiger partial charge in [-0.05, 0) is 50.7 Å².